The smallest absolute Gasteiger partial charge is 0.338 e. The molecule has 1 rings (SSSR count). The highest BCUT2D eigenvalue weighted by atomic mass is 16.5. The Labute approximate surface area is 117 Å². The molecule has 0 spiro atoms. The van der Waals surface area contributed by atoms with Gasteiger partial charge in [0, 0.05) is 20.3 Å². The van der Waals surface area contributed by atoms with Crippen molar-refractivity contribution in [3.63, 3.8) is 0 Å². The third-order valence-electron chi connectivity index (χ3n) is 2.43. The Kier molecular flexibility index (Phi) is 6.79. The van der Waals surface area contributed by atoms with Crippen LogP contribution in [0, 0.1) is 11.3 Å². The summed E-state index contributed by atoms with van der Waals surface area (Å²) >= 11 is 0. The average molecular weight is 276 g/mol. The van der Waals surface area contributed by atoms with Gasteiger partial charge in [0.05, 0.1) is 17.2 Å². The molecule has 0 radical (unpaired) electrons. The SMILES string of the molecule is COCCCNC(=O)COC(=O)c1ccc(C#N)cc1. The summed E-state index contributed by atoms with van der Waals surface area (Å²) in [7, 11) is 1.58. The maximum Gasteiger partial charge on any atom is 0.338 e. The molecule has 0 unspecified atom stereocenters. The van der Waals surface area contributed by atoms with E-state index in [-0.39, 0.29) is 12.5 Å². The van der Waals surface area contributed by atoms with Gasteiger partial charge in [0.2, 0.25) is 0 Å². The molecule has 0 aliphatic heterocycles. The summed E-state index contributed by atoms with van der Waals surface area (Å²) in [6.45, 7) is 0.707. The van der Waals surface area contributed by atoms with Gasteiger partial charge in [-0.15, -0.1) is 0 Å². The minimum absolute atomic E-state index is 0.302. The molecule has 0 heterocycles. The average Bonchev–Trinajstić information content (AvgIpc) is 2.49. The van der Waals surface area contributed by atoms with E-state index in [9.17, 15) is 9.59 Å². The molecule has 0 bridgehead atoms. The molecule has 0 aliphatic rings. The predicted molar refractivity (Wildman–Crippen MR) is 70.9 cm³/mol. The summed E-state index contributed by atoms with van der Waals surface area (Å²) in [5.74, 6) is -0.954. The van der Waals surface area contributed by atoms with Gasteiger partial charge in [-0.25, -0.2) is 4.79 Å². The van der Waals surface area contributed by atoms with Gasteiger partial charge in [-0.2, -0.15) is 5.26 Å². The fourth-order valence-electron chi connectivity index (χ4n) is 1.39. The summed E-state index contributed by atoms with van der Waals surface area (Å²) in [6.07, 6.45) is 0.700. The van der Waals surface area contributed by atoms with Crippen molar-refractivity contribution in [2.45, 2.75) is 6.42 Å². The lowest BCUT2D eigenvalue weighted by molar-refractivity contribution is -0.124. The van der Waals surface area contributed by atoms with Crippen molar-refractivity contribution < 1.29 is 19.1 Å². The van der Waals surface area contributed by atoms with Crippen molar-refractivity contribution in [2.24, 2.45) is 0 Å². The molecule has 0 atom stereocenters. The van der Waals surface area contributed by atoms with Crippen molar-refractivity contribution in [1.29, 1.82) is 5.26 Å². The summed E-state index contributed by atoms with van der Waals surface area (Å²) in [4.78, 5) is 23.0. The fraction of sp³-hybridized carbons (Fsp3) is 0.357. The van der Waals surface area contributed by atoms with Crippen molar-refractivity contribution in [1.82, 2.24) is 5.32 Å². The molecule has 1 amide bonds. The lowest BCUT2D eigenvalue weighted by Gasteiger charge is -2.06. The first kappa shape index (κ1) is 15.7. The van der Waals surface area contributed by atoms with Crippen molar-refractivity contribution in [3.8, 4) is 6.07 Å². The van der Waals surface area contributed by atoms with E-state index in [4.69, 9.17) is 14.7 Å². The standard InChI is InChI=1S/C14H16N2O4/c1-19-8-2-7-16-13(17)10-20-14(18)12-5-3-11(9-15)4-6-12/h3-6H,2,7-8,10H2,1H3,(H,16,17). The van der Waals surface area contributed by atoms with E-state index in [1.807, 2.05) is 6.07 Å². The van der Waals surface area contributed by atoms with Gasteiger partial charge in [-0.3, -0.25) is 4.79 Å². The zero-order valence-electron chi connectivity index (χ0n) is 11.2. The van der Waals surface area contributed by atoms with E-state index in [0.717, 1.165) is 0 Å². The van der Waals surface area contributed by atoms with E-state index in [1.54, 1.807) is 7.11 Å². The molecule has 0 fully saturated rings. The fourth-order valence-corrected chi connectivity index (χ4v) is 1.39. The first-order valence-corrected chi connectivity index (χ1v) is 6.10. The third kappa shape index (κ3) is 5.50. The maximum absolute atomic E-state index is 11.6. The molecule has 1 N–H and O–H groups in total. The summed E-state index contributed by atoms with van der Waals surface area (Å²) in [6, 6.07) is 7.95. The topological polar surface area (TPSA) is 88.4 Å². The van der Waals surface area contributed by atoms with Crippen LogP contribution in [0.1, 0.15) is 22.3 Å². The minimum Gasteiger partial charge on any atom is -0.452 e. The molecule has 6 heteroatoms. The summed E-state index contributed by atoms with van der Waals surface area (Å²) in [5, 5.41) is 11.2. The van der Waals surface area contributed by atoms with Gasteiger partial charge < -0.3 is 14.8 Å². The number of nitrogens with zero attached hydrogens (tertiary/aromatic N) is 1. The number of carbonyl (C=O) groups is 2. The molecule has 106 valence electrons. The Hall–Kier alpha value is -2.39. The predicted octanol–water partition coefficient (Wildman–Crippen LogP) is 0.868. The Bertz CT molecular complexity index is 491. The van der Waals surface area contributed by atoms with Gasteiger partial charge >= 0.3 is 5.97 Å². The summed E-state index contributed by atoms with van der Waals surface area (Å²) < 4.78 is 9.69. The van der Waals surface area contributed by atoms with Crippen molar-refractivity contribution in [3.05, 3.63) is 35.4 Å². The van der Waals surface area contributed by atoms with E-state index in [2.05, 4.69) is 5.32 Å². The summed E-state index contributed by atoms with van der Waals surface area (Å²) in [5.41, 5.74) is 0.758. The van der Waals surface area contributed by atoms with Crippen LogP contribution in [0.3, 0.4) is 0 Å². The lowest BCUT2D eigenvalue weighted by Crippen LogP contribution is -2.30. The number of hydrogen-bond donors (Lipinski definition) is 1. The Balaban J connectivity index is 2.31. The molecule has 1 aromatic rings. The highest BCUT2D eigenvalue weighted by Crippen LogP contribution is 2.04. The van der Waals surface area contributed by atoms with Crippen molar-refractivity contribution in [2.75, 3.05) is 26.9 Å². The molecule has 0 saturated carbocycles. The van der Waals surface area contributed by atoms with Crippen LogP contribution in [0.2, 0.25) is 0 Å². The van der Waals surface area contributed by atoms with Crippen LogP contribution in [0.5, 0.6) is 0 Å². The van der Waals surface area contributed by atoms with Gasteiger partial charge in [-0.1, -0.05) is 0 Å². The second-order valence-corrected chi connectivity index (χ2v) is 3.96. The van der Waals surface area contributed by atoms with Crippen molar-refractivity contribution >= 4 is 11.9 Å². The second-order valence-electron chi connectivity index (χ2n) is 3.96. The highest BCUT2D eigenvalue weighted by molar-refractivity contribution is 5.91. The van der Waals surface area contributed by atoms with Gasteiger partial charge in [-0.05, 0) is 30.7 Å². The largest absolute Gasteiger partial charge is 0.452 e. The minimum atomic E-state index is -0.596. The van der Waals surface area contributed by atoms with Crippen LogP contribution in [0.4, 0.5) is 0 Å². The molecule has 20 heavy (non-hydrogen) atoms. The number of methoxy groups -OCH3 is 1. The first-order chi connectivity index (χ1) is 9.67. The zero-order chi connectivity index (χ0) is 14.8. The van der Waals surface area contributed by atoms with Crippen LogP contribution >= 0.6 is 0 Å². The number of nitrogens with one attached hydrogen (secondary N) is 1. The van der Waals surface area contributed by atoms with Crippen LogP contribution in [0.15, 0.2) is 24.3 Å². The number of ether oxygens (including phenoxy) is 2. The number of amides is 1. The lowest BCUT2D eigenvalue weighted by atomic mass is 10.1. The monoisotopic (exact) mass is 276 g/mol. The first-order valence-electron chi connectivity index (χ1n) is 6.10. The normalized spacial score (nSPS) is 9.60. The number of nitriles is 1. The molecule has 0 aliphatic carbocycles. The van der Waals surface area contributed by atoms with Crippen LogP contribution in [-0.2, 0) is 14.3 Å². The second kappa shape index (κ2) is 8.67. The molecule has 6 nitrogen and oxygen atoms in total. The van der Waals surface area contributed by atoms with E-state index < -0.39 is 5.97 Å². The maximum atomic E-state index is 11.6. The number of rotatable bonds is 7. The Morgan fingerprint density at radius 3 is 2.60 bits per heavy atom. The van der Waals surface area contributed by atoms with Gasteiger partial charge in [0.1, 0.15) is 0 Å². The molecular formula is C14H16N2O4. The number of hydrogen-bond acceptors (Lipinski definition) is 5. The van der Waals surface area contributed by atoms with Gasteiger partial charge in [0.25, 0.3) is 5.91 Å². The zero-order valence-corrected chi connectivity index (χ0v) is 11.2. The van der Waals surface area contributed by atoms with E-state index in [1.165, 1.54) is 24.3 Å². The quantitative estimate of drug-likeness (QED) is 0.589. The Morgan fingerprint density at radius 1 is 1.30 bits per heavy atom. The van der Waals surface area contributed by atoms with Crippen LogP contribution in [-0.4, -0.2) is 38.7 Å². The highest BCUT2D eigenvalue weighted by Gasteiger charge is 2.09. The van der Waals surface area contributed by atoms with E-state index >= 15 is 0 Å². The molecule has 0 aromatic heterocycles. The Morgan fingerprint density at radius 2 is 2.00 bits per heavy atom. The van der Waals surface area contributed by atoms with Gasteiger partial charge in [0.15, 0.2) is 6.61 Å². The third-order valence-corrected chi connectivity index (χ3v) is 2.43. The molecule has 1 aromatic carbocycles. The van der Waals surface area contributed by atoms with E-state index in [0.29, 0.717) is 30.7 Å². The number of carbonyl (C=O) groups excluding carboxylic acids is 2. The molecular weight excluding hydrogens is 260 g/mol. The number of benzene rings is 1. The molecule has 0 saturated heterocycles. The van der Waals surface area contributed by atoms with Crippen LogP contribution < -0.4 is 5.32 Å². The van der Waals surface area contributed by atoms with Crippen LogP contribution in [0.25, 0.3) is 0 Å². The number of esters is 1.